The van der Waals surface area contributed by atoms with Crippen molar-refractivity contribution >= 4 is 33.6 Å². The Morgan fingerprint density at radius 1 is 1.21 bits per heavy atom. The number of amides is 1. The summed E-state index contributed by atoms with van der Waals surface area (Å²) in [5, 5.41) is 11.9. The topological polar surface area (TPSA) is 62.1 Å². The zero-order chi connectivity index (χ0) is 17.4. The van der Waals surface area contributed by atoms with Crippen LogP contribution in [0.3, 0.4) is 0 Å². The Morgan fingerprint density at radius 2 is 1.88 bits per heavy atom. The summed E-state index contributed by atoms with van der Waals surface area (Å²) in [5.41, 5.74) is 1.44. The molecule has 0 aliphatic rings. The Hall–Kier alpha value is -2.58. The van der Waals surface area contributed by atoms with Gasteiger partial charge in [-0.2, -0.15) is 5.26 Å². The van der Waals surface area contributed by atoms with Crippen LogP contribution in [0.5, 0.6) is 5.75 Å². The van der Waals surface area contributed by atoms with E-state index in [-0.39, 0.29) is 5.57 Å². The van der Waals surface area contributed by atoms with Crippen LogP contribution >= 0.6 is 15.9 Å². The fraction of sp³-hybridized carbons (Fsp3) is 0.158. The number of rotatable bonds is 6. The SMILES string of the molecule is CCCOc1ccc(/C=C(/C#N)C(=O)Nc2ccc(Br)cc2)cc1. The van der Waals surface area contributed by atoms with Crippen LogP contribution in [-0.4, -0.2) is 12.5 Å². The van der Waals surface area contributed by atoms with Gasteiger partial charge >= 0.3 is 0 Å². The second-order valence-electron chi connectivity index (χ2n) is 5.05. The first-order valence-electron chi connectivity index (χ1n) is 7.54. The maximum absolute atomic E-state index is 12.2. The number of benzene rings is 2. The molecule has 0 fully saturated rings. The Morgan fingerprint density at radius 3 is 2.46 bits per heavy atom. The Labute approximate surface area is 149 Å². The lowest BCUT2D eigenvalue weighted by Crippen LogP contribution is -2.13. The van der Waals surface area contributed by atoms with E-state index in [1.165, 1.54) is 0 Å². The Kier molecular flexibility index (Phi) is 6.59. The predicted octanol–water partition coefficient (Wildman–Crippen LogP) is 4.78. The molecule has 5 heteroatoms. The Balaban J connectivity index is 2.09. The molecule has 122 valence electrons. The van der Waals surface area contributed by atoms with Gasteiger partial charge < -0.3 is 10.1 Å². The summed E-state index contributed by atoms with van der Waals surface area (Å²) in [5.74, 6) is 0.331. The molecule has 0 bridgehead atoms. The maximum atomic E-state index is 12.2. The van der Waals surface area contributed by atoms with Gasteiger partial charge in [0.05, 0.1) is 6.61 Å². The van der Waals surface area contributed by atoms with Gasteiger partial charge in [0.15, 0.2) is 0 Å². The van der Waals surface area contributed by atoms with Crippen LogP contribution in [0.25, 0.3) is 6.08 Å². The summed E-state index contributed by atoms with van der Waals surface area (Å²) >= 11 is 3.33. The van der Waals surface area contributed by atoms with E-state index in [1.54, 1.807) is 18.2 Å². The molecule has 2 rings (SSSR count). The van der Waals surface area contributed by atoms with E-state index in [1.807, 2.05) is 49.4 Å². The van der Waals surface area contributed by atoms with E-state index in [4.69, 9.17) is 4.74 Å². The third kappa shape index (κ3) is 5.25. The maximum Gasteiger partial charge on any atom is 0.266 e. The van der Waals surface area contributed by atoms with Crippen LogP contribution in [0, 0.1) is 11.3 Å². The van der Waals surface area contributed by atoms with E-state index in [9.17, 15) is 10.1 Å². The minimum Gasteiger partial charge on any atom is -0.494 e. The predicted molar refractivity (Wildman–Crippen MR) is 98.6 cm³/mol. The second-order valence-corrected chi connectivity index (χ2v) is 5.96. The fourth-order valence-electron chi connectivity index (χ4n) is 1.93. The molecule has 0 radical (unpaired) electrons. The highest BCUT2D eigenvalue weighted by atomic mass is 79.9. The van der Waals surface area contributed by atoms with Crippen LogP contribution in [0.1, 0.15) is 18.9 Å². The molecule has 0 unspecified atom stereocenters. The van der Waals surface area contributed by atoms with Crippen molar-refractivity contribution in [2.75, 3.05) is 11.9 Å². The van der Waals surface area contributed by atoms with Crippen molar-refractivity contribution in [2.45, 2.75) is 13.3 Å². The molecule has 0 spiro atoms. The molecular weight excluding hydrogens is 368 g/mol. The number of carbonyl (C=O) groups excluding carboxylic acids is 1. The molecule has 0 saturated heterocycles. The largest absolute Gasteiger partial charge is 0.494 e. The summed E-state index contributed by atoms with van der Waals surface area (Å²) in [7, 11) is 0. The monoisotopic (exact) mass is 384 g/mol. The van der Waals surface area contributed by atoms with E-state index in [0.29, 0.717) is 12.3 Å². The minimum atomic E-state index is -0.439. The Bertz CT molecular complexity index is 759. The lowest BCUT2D eigenvalue weighted by Gasteiger charge is -2.06. The van der Waals surface area contributed by atoms with Gasteiger partial charge in [0, 0.05) is 10.2 Å². The standard InChI is InChI=1S/C19H17BrN2O2/c1-2-11-24-18-9-3-14(4-10-18)12-15(13-21)19(23)22-17-7-5-16(20)6-8-17/h3-10,12H,2,11H2,1H3,(H,22,23)/b15-12-. The van der Waals surface area contributed by atoms with Crippen LogP contribution < -0.4 is 10.1 Å². The van der Waals surface area contributed by atoms with Crippen molar-refractivity contribution in [3.05, 3.63) is 64.1 Å². The van der Waals surface area contributed by atoms with Crippen molar-refractivity contribution in [3.63, 3.8) is 0 Å². The van der Waals surface area contributed by atoms with Gasteiger partial charge in [0.1, 0.15) is 17.4 Å². The van der Waals surface area contributed by atoms with Gasteiger partial charge in [-0.05, 0) is 54.5 Å². The highest BCUT2D eigenvalue weighted by Crippen LogP contribution is 2.17. The molecule has 2 aromatic rings. The average Bonchev–Trinajstić information content (AvgIpc) is 2.60. The number of hydrogen-bond acceptors (Lipinski definition) is 3. The number of carbonyl (C=O) groups is 1. The van der Waals surface area contributed by atoms with Crippen molar-refractivity contribution < 1.29 is 9.53 Å². The van der Waals surface area contributed by atoms with Crippen LogP contribution in [-0.2, 0) is 4.79 Å². The van der Waals surface area contributed by atoms with Gasteiger partial charge in [0.25, 0.3) is 5.91 Å². The summed E-state index contributed by atoms with van der Waals surface area (Å²) in [6, 6.07) is 16.4. The quantitative estimate of drug-likeness (QED) is 0.575. The third-order valence-corrected chi connectivity index (χ3v) is 3.66. The van der Waals surface area contributed by atoms with Crippen molar-refractivity contribution in [2.24, 2.45) is 0 Å². The van der Waals surface area contributed by atoms with Gasteiger partial charge in [-0.1, -0.05) is 35.0 Å². The minimum absolute atomic E-state index is 0.0418. The van der Waals surface area contributed by atoms with Gasteiger partial charge in [-0.3, -0.25) is 4.79 Å². The number of halogens is 1. The van der Waals surface area contributed by atoms with Gasteiger partial charge in [-0.15, -0.1) is 0 Å². The molecule has 4 nitrogen and oxygen atoms in total. The highest BCUT2D eigenvalue weighted by Gasteiger charge is 2.09. The normalized spacial score (nSPS) is 10.8. The van der Waals surface area contributed by atoms with Gasteiger partial charge in [0.2, 0.25) is 0 Å². The second kappa shape index (κ2) is 8.90. The van der Waals surface area contributed by atoms with E-state index in [2.05, 4.69) is 21.2 Å². The van der Waals surface area contributed by atoms with Gasteiger partial charge in [-0.25, -0.2) is 0 Å². The first-order chi connectivity index (χ1) is 11.6. The number of ether oxygens (including phenoxy) is 1. The smallest absolute Gasteiger partial charge is 0.266 e. The molecule has 1 amide bonds. The molecule has 24 heavy (non-hydrogen) atoms. The molecule has 1 N–H and O–H groups in total. The summed E-state index contributed by atoms with van der Waals surface area (Å²) in [6.45, 7) is 2.70. The number of anilines is 1. The van der Waals surface area contributed by atoms with E-state index in [0.717, 1.165) is 22.2 Å². The number of nitrogens with zero attached hydrogens (tertiary/aromatic N) is 1. The molecule has 0 atom stereocenters. The molecule has 0 aliphatic heterocycles. The fourth-order valence-corrected chi connectivity index (χ4v) is 2.19. The summed E-state index contributed by atoms with van der Waals surface area (Å²) < 4.78 is 6.43. The zero-order valence-electron chi connectivity index (χ0n) is 13.3. The first-order valence-corrected chi connectivity index (χ1v) is 8.33. The van der Waals surface area contributed by atoms with Crippen molar-refractivity contribution in [1.82, 2.24) is 0 Å². The van der Waals surface area contributed by atoms with Crippen molar-refractivity contribution in [1.29, 1.82) is 5.26 Å². The van der Waals surface area contributed by atoms with E-state index >= 15 is 0 Å². The highest BCUT2D eigenvalue weighted by molar-refractivity contribution is 9.10. The molecule has 0 heterocycles. The third-order valence-electron chi connectivity index (χ3n) is 3.13. The molecule has 2 aromatic carbocycles. The molecule has 0 aliphatic carbocycles. The lowest BCUT2D eigenvalue weighted by molar-refractivity contribution is -0.112. The molecule has 0 aromatic heterocycles. The summed E-state index contributed by atoms with van der Waals surface area (Å²) in [4.78, 5) is 12.2. The van der Waals surface area contributed by atoms with Crippen molar-refractivity contribution in [3.8, 4) is 11.8 Å². The van der Waals surface area contributed by atoms with Crippen LogP contribution in [0.15, 0.2) is 58.6 Å². The van der Waals surface area contributed by atoms with E-state index < -0.39 is 5.91 Å². The molecular formula is C19H17BrN2O2. The lowest BCUT2D eigenvalue weighted by atomic mass is 10.1. The first kappa shape index (κ1) is 17.8. The number of nitriles is 1. The zero-order valence-corrected chi connectivity index (χ0v) is 14.8. The number of hydrogen-bond donors (Lipinski definition) is 1. The average molecular weight is 385 g/mol. The molecule has 0 saturated carbocycles. The summed E-state index contributed by atoms with van der Waals surface area (Å²) in [6.07, 6.45) is 2.49. The van der Waals surface area contributed by atoms with Crippen LogP contribution in [0.2, 0.25) is 0 Å². The number of nitrogens with one attached hydrogen (secondary N) is 1. The van der Waals surface area contributed by atoms with Crippen LogP contribution in [0.4, 0.5) is 5.69 Å².